The van der Waals surface area contributed by atoms with Crippen LogP contribution < -0.4 is 10.3 Å². The zero-order valence-electron chi connectivity index (χ0n) is 59.5. The van der Waals surface area contributed by atoms with Gasteiger partial charge in [-0.2, -0.15) is 9.40 Å². The number of rotatable bonds is 47. The Morgan fingerprint density at radius 3 is 1.10 bits per heavy atom. The molecule has 3 heterocycles. The van der Waals surface area contributed by atoms with Crippen molar-refractivity contribution in [2.75, 3.05) is 39.8 Å². The van der Waals surface area contributed by atoms with Gasteiger partial charge >= 0.3 is 29.8 Å². The fourth-order valence-electron chi connectivity index (χ4n) is 10.3. The number of aryl methyl sites for hydroxylation is 2. The summed E-state index contributed by atoms with van der Waals surface area (Å²) in [6.45, 7) is 17.5. The highest BCUT2D eigenvalue weighted by molar-refractivity contribution is 7.89. The van der Waals surface area contributed by atoms with E-state index < -0.39 is 39.9 Å². The van der Waals surface area contributed by atoms with E-state index in [9.17, 15) is 37.2 Å². The van der Waals surface area contributed by atoms with Crippen molar-refractivity contribution < 1.29 is 62.7 Å². The second-order valence-electron chi connectivity index (χ2n) is 24.6. The number of fused-ring (bicyclic) bond motifs is 1. The van der Waals surface area contributed by atoms with Crippen molar-refractivity contribution in [3.8, 4) is 17.1 Å². The van der Waals surface area contributed by atoms with E-state index in [1.165, 1.54) is 170 Å². The average molecular weight is 1340 g/mol. The summed E-state index contributed by atoms with van der Waals surface area (Å²) in [7, 11) is -0.00831. The molecule has 20 nitrogen and oxygen atoms in total. The number of aromatic amines is 1. The number of likely N-dealkylation sites (N-methyl/N-ethyl adjacent to an activating group) is 1. The highest BCUT2D eigenvalue weighted by atomic mass is 32.2. The predicted octanol–water partition coefficient (Wildman–Crippen LogP) is 17.7. The predicted molar refractivity (Wildman–Crippen MR) is 377 cm³/mol. The first-order valence-electron chi connectivity index (χ1n) is 36.1. The lowest BCUT2D eigenvalue weighted by Crippen LogP contribution is -2.47. The maximum atomic E-state index is 13.3. The smallest absolute Gasteiger partial charge is 0.303 e. The Morgan fingerprint density at radius 1 is 0.473 bits per heavy atom. The number of ether oxygens (including phenoxy) is 1. The fourth-order valence-corrected chi connectivity index (χ4v) is 11.7. The number of piperazine rings is 1. The molecule has 1 fully saturated rings. The van der Waals surface area contributed by atoms with E-state index in [1.807, 2.05) is 20.9 Å². The Hall–Kier alpha value is -5.41. The minimum Gasteiger partial charge on any atom is -0.493 e. The first-order valence-corrected chi connectivity index (χ1v) is 37.6. The van der Waals surface area contributed by atoms with Gasteiger partial charge in [-0.15, -0.1) is 0 Å². The van der Waals surface area contributed by atoms with E-state index in [0.29, 0.717) is 93.7 Å². The summed E-state index contributed by atoms with van der Waals surface area (Å²) in [4.78, 5) is 73.3. The molecule has 0 spiro atoms. The molecule has 93 heavy (non-hydrogen) atoms. The molecule has 0 saturated carbocycles. The van der Waals surface area contributed by atoms with E-state index in [4.69, 9.17) is 35.3 Å². The van der Waals surface area contributed by atoms with Crippen LogP contribution in [-0.4, -0.2) is 133 Å². The van der Waals surface area contributed by atoms with Crippen molar-refractivity contribution in [2.24, 2.45) is 7.05 Å². The Labute approximate surface area is 561 Å². The Bertz CT molecular complexity index is 2380. The van der Waals surface area contributed by atoms with Gasteiger partial charge in [0.15, 0.2) is 5.52 Å². The maximum absolute atomic E-state index is 13.3. The number of carboxylic acid groups (broad SMARTS) is 5. The molecular weight excluding hydrogens is 1200 g/mol. The molecule has 0 amide bonds. The van der Waals surface area contributed by atoms with Gasteiger partial charge in [0.1, 0.15) is 17.1 Å². The lowest BCUT2D eigenvalue weighted by molar-refractivity contribution is -0.138. The number of hydrogen-bond donors (Lipinski definition) is 6. The lowest BCUT2D eigenvalue weighted by Gasteiger charge is -2.31. The molecule has 0 radical (unpaired) electrons. The van der Waals surface area contributed by atoms with Gasteiger partial charge in [-0.3, -0.25) is 33.4 Å². The highest BCUT2D eigenvalue weighted by Gasteiger charge is 2.29. The Kier molecular flexibility index (Phi) is 58.1. The molecule has 0 atom stereocenters. The molecule has 21 heteroatoms. The lowest BCUT2D eigenvalue weighted by atomic mass is 10.1. The molecule has 4 rings (SSSR count). The monoisotopic (exact) mass is 1330 g/mol. The average Bonchev–Trinajstić information content (AvgIpc) is 1.75. The summed E-state index contributed by atoms with van der Waals surface area (Å²) in [6, 6.07) is 4.71. The van der Waals surface area contributed by atoms with Crippen LogP contribution in [-0.2, 0) is 47.5 Å². The molecule has 1 saturated heterocycles. The molecule has 1 aliphatic rings. The van der Waals surface area contributed by atoms with Crippen molar-refractivity contribution in [1.29, 1.82) is 0 Å². The van der Waals surface area contributed by atoms with Crippen LogP contribution >= 0.6 is 0 Å². The Balaban J connectivity index is 0. The standard InChI is InChI=1S/C22H30N6O4S.5C10H20O2/c1-5-7-17-19-20(27(4)25-17)22(29)24-21(23-19)16-14-15(8-9-18(16)32-6-2)33(30,31)28-12-10-26(3)11-13-28;5*1-2-3-4-5-6-7-8-9-10(11)12/h8-9,14H,5-7,10-13H2,1-4H3,(H,23,24,29);5*2-9H2,1H3,(H,11,12). The third-order valence-electron chi connectivity index (χ3n) is 15.8. The summed E-state index contributed by atoms with van der Waals surface area (Å²) in [6.07, 6.45) is 44.8. The molecule has 1 aliphatic heterocycles. The van der Waals surface area contributed by atoms with Crippen LogP contribution in [0.2, 0.25) is 0 Å². The van der Waals surface area contributed by atoms with Gasteiger partial charge in [0, 0.05) is 65.3 Å². The van der Waals surface area contributed by atoms with Crippen molar-refractivity contribution in [1.82, 2.24) is 29.0 Å². The SMILES string of the molecule is CCCCCCCCCC(=O)O.CCCCCCCCCC(=O)O.CCCCCCCCCC(=O)O.CCCCCCCCCC(=O)O.CCCCCCCCCC(=O)O.CCCc1nn(C)c2c(=O)[nH]c(-c3cc(S(=O)(=O)N4CCN(C)CC4)ccc3OCC)nc12. The van der Waals surface area contributed by atoms with Gasteiger partial charge in [-0.05, 0) is 70.7 Å². The fraction of sp³-hybridized carbons (Fsp3) is 0.778. The number of benzene rings is 1. The summed E-state index contributed by atoms with van der Waals surface area (Å²) in [5.41, 5.74) is 1.75. The van der Waals surface area contributed by atoms with Crippen molar-refractivity contribution >= 4 is 50.9 Å². The largest absolute Gasteiger partial charge is 0.493 e. The first kappa shape index (κ1) is 89.6. The summed E-state index contributed by atoms with van der Waals surface area (Å²) >= 11 is 0. The van der Waals surface area contributed by atoms with Gasteiger partial charge < -0.3 is 40.2 Å². The van der Waals surface area contributed by atoms with E-state index in [2.05, 4.69) is 49.6 Å². The Morgan fingerprint density at radius 2 is 0.796 bits per heavy atom. The molecule has 6 N–H and O–H groups in total. The molecule has 0 aliphatic carbocycles. The number of H-pyrrole nitrogens is 1. The van der Waals surface area contributed by atoms with Crippen LogP contribution in [0.5, 0.6) is 5.75 Å². The minimum absolute atomic E-state index is 0.147. The molecule has 1 aromatic carbocycles. The third-order valence-corrected chi connectivity index (χ3v) is 17.7. The van der Waals surface area contributed by atoms with Gasteiger partial charge in [0.05, 0.1) is 22.8 Å². The number of carboxylic acids is 5. The number of hydrogen-bond acceptors (Lipinski definition) is 12. The zero-order valence-corrected chi connectivity index (χ0v) is 60.3. The van der Waals surface area contributed by atoms with Crippen LogP contribution in [0.4, 0.5) is 0 Å². The van der Waals surface area contributed by atoms with E-state index >= 15 is 0 Å². The number of aromatic nitrogens is 4. The zero-order chi connectivity index (χ0) is 69.9. The number of unbranched alkanes of at least 4 members (excludes halogenated alkanes) is 30. The third kappa shape index (κ3) is 48.9. The normalized spacial score (nSPS) is 12.1. The van der Waals surface area contributed by atoms with E-state index in [-0.39, 0.29) is 16.3 Å². The molecular formula is C72H130N6O14S. The van der Waals surface area contributed by atoms with Gasteiger partial charge in [0.25, 0.3) is 5.56 Å². The number of carbonyl (C=O) groups is 5. The van der Waals surface area contributed by atoms with Gasteiger partial charge in [-0.25, -0.2) is 13.4 Å². The first-order chi connectivity index (χ1) is 44.6. The van der Waals surface area contributed by atoms with E-state index in [0.717, 1.165) is 76.3 Å². The number of sulfonamides is 1. The summed E-state index contributed by atoms with van der Waals surface area (Å²) in [5.74, 6) is -2.60. The molecule has 3 aromatic rings. The molecule has 0 bridgehead atoms. The quantitative estimate of drug-likeness (QED) is 0.0286. The minimum atomic E-state index is -3.70. The second-order valence-corrected chi connectivity index (χ2v) is 26.5. The second kappa shape index (κ2) is 60.3. The number of aliphatic carboxylic acids is 5. The maximum Gasteiger partial charge on any atom is 0.303 e. The summed E-state index contributed by atoms with van der Waals surface area (Å²) < 4.78 is 35.4. The summed E-state index contributed by atoms with van der Waals surface area (Å²) in [5, 5.41) is 46.2. The van der Waals surface area contributed by atoms with Crippen LogP contribution in [0.1, 0.15) is 317 Å². The van der Waals surface area contributed by atoms with Gasteiger partial charge in [-0.1, -0.05) is 241 Å². The van der Waals surface area contributed by atoms with Crippen LogP contribution in [0.25, 0.3) is 22.4 Å². The molecule has 2 aromatic heterocycles. The number of nitrogens with one attached hydrogen (secondary N) is 1. The van der Waals surface area contributed by atoms with E-state index in [1.54, 1.807) is 25.2 Å². The van der Waals surface area contributed by atoms with Gasteiger partial charge in [0.2, 0.25) is 10.0 Å². The topological polar surface area (TPSA) is 300 Å². The van der Waals surface area contributed by atoms with Crippen LogP contribution in [0.15, 0.2) is 27.9 Å². The van der Waals surface area contributed by atoms with Crippen molar-refractivity contribution in [3.63, 3.8) is 0 Å². The molecule has 0 unspecified atom stereocenters. The van der Waals surface area contributed by atoms with Crippen molar-refractivity contribution in [2.45, 2.75) is 323 Å². The van der Waals surface area contributed by atoms with Crippen LogP contribution in [0, 0.1) is 0 Å². The van der Waals surface area contributed by atoms with Crippen LogP contribution in [0.3, 0.4) is 0 Å². The van der Waals surface area contributed by atoms with Crippen molar-refractivity contribution in [3.05, 3.63) is 34.2 Å². The molecule has 538 valence electrons. The highest BCUT2D eigenvalue weighted by Crippen LogP contribution is 2.32. The number of nitrogens with zero attached hydrogens (tertiary/aromatic N) is 5.